The van der Waals surface area contributed by atoms with E-state index in [1.165, 1.54) is 12.0 Å². The number of ether oxygens (including phenoxy) is 1. The summed E-state index contributed by atoms with van der Waals surface area (Å²) in [5, 5.41) is 14.0. The van der Waals surface area contributed by atoms with E-state index in [-0.39, 0.29) is 5.92 Å². The Hall–Kier alpha value is -3.52. The monoisotopic (exact) mass is 504 g/mol. The lowest BCUT2D eigenvalue weighted by Crippen LogP contribution is -2.57. The number of anilines is 1. The van der Waals surface area contributed by atoms with Crippen LogP contribution in [0.15, 0.2) is 48.5 Å². The second-order valence-corrected chi connectivity index (χ2v) is 10.5. The highest BCUT2D eigenvalue weighted by Crippen LogP contribution is 2.53. The molecule has 4 unspecified atom stereocenters. The highest BCUT2D eigenvalue weighted by Gasteiger charge is 2.69. The van der Waals surface area contributed by atoms with E-state index in [9.17, 15) is 24.3 Å². The molecule has 2 N–H and O–H groups in total. The van der Waals surface area contributed by atoms with Gasteiger partial charge in [-0.1, -0.05) is 62.4 Å². The molecule has 2 amide bonds. The molecule has 2 aromatic rings. The van der Waals surface area contributed by atoms with Gasteiger partial charge in [-0.25, -0.2) is 9.69 Å². The van der Waals surface area contributed by atoms with Crippen LogP contribution in [0.5, 0.6) is 0 Å². The topological polar surface area (TPSA) is 113 Å². The van der Waals surface area contributed by atoms with E-state index in [1.54, 1.807) is 36.4 Å². The van der Waals surface area contributed by atoms with Crippen LogP contribution in [0.25, 0.3) is 0 Å². The molecule has 0 spiro atoms. The number of hydrogen-bond acceptors (Lipinski definition) is 6. The number of aliphatic carboxylic acids is 1. The third kappa shape index (κ3) is 4.13. The Morgan fingerprint density at radius 3 is 2.32 bits per heavy atom. The van der Waals surface area contributed by atoms with Crippen LogP contribution in [0.4, 0.5) is 5.69 Å². The summed E-state index contributed by atoms with van der Waals surface area (Å²) in [6.07, 6.45) is 5.32. The van der Waals surface area contributed by atoms with Gasteiger partial charge in [-0.05, 0) is 48.6 Å². The SMILES string of the molecule is COC(=O)c1ccc(C2NC(CC3CCCCC3)(C(=O)O)C3C(=O)N(c4ccccc4C)C(=O)C23)cc1. The number of rotatable bonds is 6. The largest absolute Gasteiger partial charge is 0.480 e. The molecular formula is C29H32N2O6. The third-order valence-electron chi connectivity index (χ3n) is 8.42. The van der Waals surface area contributed by atoms with Crippen LogP contribution in [0.3, 0.4) is 0 Å². The van der Waals surface area contributed by atoms with Crippen LogP contribution in [-0.4, -0.2) is 41.5 Å². The molecule has 2 saturated heterocycles. The van der Waals surface area contributed by atoms with Gasteiger partial charge in [-0.3, -0.25) is 19.7 Å². The van der Waals surface area contributed by atoms with Crippen molar-refractivity contribution in [2.45, 2.75) is 57.0 Å². The van der Waals surface area contributed by atoms with E-state index in [0.717, 1.165) is 37.7 Å². The minimum absolute atomic E-state index is 0.161. The Morgan fingerprint density at radius 1 is 1.03 bits per heavy atom. The predicted octanol–water partition coefficient (Wildman–Crippen LogP) is 4.03. The van der Waals surface area contributed by atoms with E-state index in [0.29, 0.717) is 23.2 Å². The first-order chi connectivity index (χ1) is 17.8. The molecule has 4 atom stereocenters. The van der Waals surface area contributed by atoms with Gasteiger partial charge in [-0.2, -0.15) is 0 Å². The van der Waals surface area contributed by atoms with Crippen molar-refractivity contribution in [1.82, 2.24) is 5.32 Å². The summed E-state index contributed by atoms with van der Waals surface area (Å²) < 4.78 is 4.79. The fourth-order valence-electron chi connectivity index (χ4n) is 6.60. The number of para-hydroxylation sites is 1. The van der Waals surface area contributed by atoms with E-state index in [4.69, 9.17) is 4.74 Å². The molecule has 0 aromatic heterocycles. The fraction of sp³-hybridized carbons (Fsp3) is 0.448. The molecule has 2 heterocycles. The van der Waals surface area contributed by atoms with E-state index in [2.05, 4.69) is 5.32 Å². The molecule has 1 aliphatic carbocycles. The number of nitrogens with one attached hydrogen (secondary N) is 1. The smallest absolute Gasteiger partial charge is 0.337 e. The normalized spacial score (nSPS) is 27.8. The molecule has 37 heavy (non-hydrogen) atoms. The standard InChI is InChI=1S/C29H32N2O6/c1-17-8-6-7-11-21(17)31-25(32)22-23(26(31)33)29(28(35)36,16-18-9-4-3-5-10-18)30-24(22)19-12-14-20(15-13-19)27(34)37-2/h6-8,11-15,18,22-24,30H,3-5,9-10,16H2,1-2H3,(H,35,36). The van der Waals surface area contributed by atoms with Crippen molar-refractivity contribution >= 4 is 29.4 Å². The molecule has 0 bridgehead atoms. The molecule has 1 saturated carbocycles. The molecule has 194 valence electrons. The van der Waals surface area contributed by atoms with Crippen LogP contribution in [-0.2, 0) is 19.1 Å². The number of hydrogen-bond donors (Lipinski definition) is 2. The summed E-state index contributed by atoms with van der Waals surface area (Å²) in [6.45, 7) is 1.83. The van der Waals surface area contributed by atoms with Crippen molar-refractivity contribution in [1.29, 1.82) is 0 Å². The number of carboxylic acids is 1. The van der Waals surface area contributed by atoms with E-state index < -0.39 is 47.2 Å². The Kier molecular flexibility index (Phi) is 6.62. The summed E-state index contributed by atoms with van der Waals surface area (Å²) in [4.78, 5) is 54.2. The molecule has 0 radical (unpaired) electrons. The minimum atomic E-state index is -1.57. The van der Waals surface area contributed by atoms with Crippen molar-refractivity contribution in [3.63, 3.8) is 0 Å². The lowest BCUT2D eigenvalue weighted by molar-refractivity contribution is -0.150. The summed E-state index contributed by atoms with van der Waals surface area (Å²) in [6, 6.07) is 13.1. The van der Waals surface area contributed by atoms with Crippen LogP contribution >= 0.6 is 0 Å². The first kappa shape index (κ1) is 25.1. The number of fused-ring (bicyclic) bond motifs is 1. The zero-order valence-electron chi connectivity index (χ0n) is 21.1. The van der Waals surface area contributed by atoms with Gasteiger partial charge >= 0.3 is 11.9 Å². The van der Waals surface area contributed by atoms with Gasteiger partial charge in [-0.15, -0.1) is 0 Å². The van der Waals surface area contributed by atoms with Crippen molar-refractivity contribution in [2.75, 3.05) is 12.0 Å². The molecule has 2 aliphatic heterocycles. The third-order valence-corrected chi connectivity index (χ3v) is 8.42. The van der Waals surface area contributed by atoms with Crippen molar-refractivity contribution in [2.24, 2.45) is 17.8 Å². The molecule has 5 rings (SSSR count). The van der Waals surface area contributed by atoms with Gasteiger partial charge in [0.1, 0.15) is 5.54 Å². The first-order valence-electron chi connectivity index (χ1n) is 12.9. The Labute approximate surface area is 216 Å². The van der Waals surface area contributed by atoms with Gasteiger partial charge in [0.15, 0.2) is 0 Å². The number of carbonyl (C=O) groups is 4. The number of amides is 2. The Bertz CT molecular complexity index is 1240. The van der Waals surface area contributed by atoms with Crippen LogP contribution in [0.1, 0.15) is 66.1 Å². The number of methoxy groups -OCH3 is 1. The lowest BCUT2D eigenvalue weighted by Gasteiger charge is -2.35. The van der Waals surface area contributed by atoms with Gasteiger partial charge in [0, 0.05) is 6.04 Å². The van der Waals surface area contributed by atoms with Gasteiger partial charge in [0.25, 0.3) is 0 Å². The summed E-state index contributed by atoms with van der Waals surface area (Å²) in [5.74, 6) is -4.21. The second-order valence-electron chi connectivity index (χ2n) is 10.5. The van der Waals surface area contributed by atoms with Crippen molar-refractivity contribution in [3.05, 3.63) is 65.2 Å². The number of nitrogens with zero attached hydrogens (tertiary/aromatic N) is 1. The molecule has 8 nitrogen and oxygen atoms in total. The van der Waals surface area contributed by atoms with Gasteiger partial charge in [0.05, 0.1) is 30.2 Å². The van der Waals surface area contributed by atoms with Gasteiger partial charge in [0.2, 0.25) is 11.8 Å². The zero-order chi connectivity index (χ0) is 26.3. The van der Waals surface area contributed by atoms with Gasteiger partial charge < -0.3 is 9.84 Å². The minimum Gasteiger partial charge on any atom is -0.480 e. The number of aryl methyl sites for hydroxylation is 1. The average Bonchev–Trinajstić information content (AvgIpc) is 3.38. The molecule has 2 aromatic carbocycles. The zero-order valence-corrected chi connectivity index (χ0v) is 21.1. The number of esters is 1. The van der Waals surface area contributed by atoms with E-state index in [1.807, 2.05) is 19.1 Å². The maximum Gasteiger partial charge on any atom is 0.337 e. The number of carboxylic acid groups (broad SMARTS) is 1. The van der Waals surface area contributed by atoms with Crippen LogP contribution in [0.2, 0.25) is 0 Å². The Morgan fingerprint density at radius 2 is 1.70 bits per heavy atom. The maximum absolute atomic E-state index is 14.0. The summed E-state index contributed by atoms with van der Waals surface area (Å²) in [7, 11) is 1.30. The highest BCUT2D eigenvalue weighted by molar-refractivity contribution is 6.24. The number of carbonyl (C=O) groups excluding carboxylic acids is 3. The average molecular weight is 505 g/mol. The quantitative estimate of drug-likeness (QED) is 0.451. The fourth-order valence-corrected chi connectivity index (χ4v) is 6.60. The highest BCUT2D eigenvalue weighted by atomic mass is 16.5. The second kappa shape index (κ2) is 9.74. The molecular weight excluding hydrogens is 472 g/mol. The molecule has 3 aliphatic rings. The summed E-state index contributed by atoms with van der Waals surface area (Å²) in [5.41, 5.74) is 0.695. The molecule has 8 heteroatoms. The lowest BCUT2D eigenvalue weighted by atomic mass is 9.72. The summed E-state index contributed by atoms with van der Waals surface area (Å²) >= 11 is 0. The Balaban J connectivity index is 1.60. The van der Waals surface area contributed by atoms with Crippen LogP contribution in [0, 0.1) is 24.7 Å². The van der Waals surface area contributed by atoms with Crippen molar-refractivity contribution in [3.8, 4) is 0 Å². The van der Waals surface area contributed by atoms with Crippen molar-refractivity contribution < 1.29 is 29.0 Å². The van der Waals surface area contributed by atoms with Crippen LogP contribution < -0.4 is 10.2 Å². The number of imide groups is 1. The number of benzene rings is 2. The maximum atomic E-state index is 14.0. The first-order valence-corrected chi connectivity index (χ1v) is 12.9. The molecule has 3 fully saturated rings. The predicted molar refractivity (Wildman–Crippen MR) is 136 cm³/mol. The van der Waals surface area contributed by atoms with E-state index >= 15 is 0 Å².